The maximum Gasteiger partial charge on any atom is 0.143 e. The average molecular weight is 654 g/mol. The molecule has 0 atom stereocenters. The molecule has 9 aromatic rings. The summed E-state index contributed by atoms with van der Waals surface area (Å²) in [5.41, 5.74) is 15.8. The van der Waals surface area contributed by atoms with E-state index >= 15 is 0 Å². The highest BCUT2D eigenvalue weighted by Crippen LogP contribution is 2.40. The number of hydrogen-bond acceptors (Lipinski definition) is 2. The zero-order valence-electron chi connectivity index (χ0n) is 28.3. The second-order valence-electron chi connectivity index (χ2n) is 13.1. The van der Waals surface area contributed by atoms with Gasteiger partial charge < -0.3 is 9.32 Å². The summed E-state index contributed by atoms with van der Waals surface area (Å²) in [6.45, 7) is 2.12. The predicted molar refractivity (Wildman–Crippen MR) is 215 cm³/mol. The summed E-state index contributed by atoms with van der Waals surface area (Å²) in [7, 11) is 0. The molecule has 9 rings (SSSR count). The molecular weight excluding hydrogens is 619 g/mol. The van der Waals surface area contributed by atoms with Crippen molar-refractivity contribution in [2.45, 2.75) is 6.92 Å². The molecule has 0 amide bonds. The van der Waals surface area contributed by atoms with Crippen LogP contribution < -0.4 is 4.90 Å². The van der Waals surface area contributed by atoms with Crippen molar-refractivity contribution in [3.05, 3.63) is 200 Å². The molecule has 0 aliphatic carbocycles. The van der Waals surface area contributed by atoms with Gasteiger partial charge in [-0.1, -0.05) is 157 Å². The van der Waals surface area contributed by atoms with Crippen LogP contribution in [0.1, 0.15) is 5.56 Å². The summed E-state index contributed by atoms with van der Waals surface area (Å²) >= 11 is 0. The van der Waals surface area contributed by atoms with Crippen LogP contribution in [0.3, 0.4) is 0 Å². The van der Waals surface area contributed by atoms with Gasteiger partial charge in [-0.2, -0.15) is 0 Å². The van der Waals surface area contributed by atoms with Gasteiger partial charge in [0.05, 0.1) is 0 Å². The monoisotopic (exact) mass is 653 g/mol. The van der Waals surface area contributed by atoms with Crippen molar-refractivity contribution in [2.75, 3.05) is 4.90 Å². The van der Waals surface area contributed by atoms with Crippen LogP contribution in [0.4, 0.5) is 17.1 Å². The minimum atomic E-state index is 0.910. The Morgan fingerprint density at radius 3 is 1.29 bits per heavy atom. The minimum Gasteiger partial charge on any atom is -0.455 e. The van der Waals surface area contributed by atoms with E-state index in [1.54, 1.807) is 0 Å². The van der Waals surface area contributed by atoms with Crippen LogP contribution in [0.2, 0.25) is 0 Å². The van der Waals surface area contributed by atoms with Gasteiger partial charge in [0.1, 0.15) is 11.2 Å². The quantitative estimate of drug-likeness (QED) is 0.170. The molecule has 0 fully saturated rings. The Hall–Kier alpha value is -6.64. The highest BCUT2D eigenvalue weighted by Gasteiger charge is 2.16. The second kappa shape index (κ2) is 13.0. The highest BCUT2D eigenvalue weighted by atomic mass is 16.3. The van der Waals surface area contributed by atoms with Gasteiger partial charge >= 0.3 is 0 Å². The molecule has 0 bridgehead atoms. The lowest BCUT2D eigenvalue weighted by molar-refractivity contribution is 0.670. The van der Waals surface area contributed by atoms with Crippen molar-refractivity contribution in [1.29, 1.82) is 0 Å². The number of para-hydroxylation sites is 2. The number of furan rings is 1. The normalized spacial score (nSPS) is 11.2. The SMILES string of the molecule is Cc1ccc(-c2ccc(N(c3ccc(-c4ccc(-c5ccccc5)cc4)cc3)c3ccc(-c4cccc5c4oc4ccccc45)cc3)cc2)cc1. The largest absolute Gasteiger partial charge is 0.455 e. The van der Waals surface area contributed by atoms with Crippen molar-refractivity contribution in [2.24, 2.45) is 0 Å². The molecule has 0 saturated heterocycles. The first-order valence-electron chi connectivity index (χ1n) is 17.4. The van der Waals surface area contributed by atoms with Crippen molar-refractivity contribution in [3.63, 3.8) is 0 Å². The fraction of sp³-hybridized carbons (Fsp3) is 0.0204. The van der Waals surface area contributed by atoms with E-state index in [0.29, 0.717) is 0 Å². The average Bonchev–Trinajstić information content (AvgIpc) is 3.59. The summed E-state index contributed by atoms with van der Waals surface area (Å²) in [6.07, 6.45) is 0. The Bertz CT molecular complexity index is 2580. The van der Waals surface area contributed by atoms with Crippen LogP contribution in [0.25, 0.3) is 66.4 Å². The van der Waals surface area contributed by atoms with E-state index < -0.39 is 0 Å². The van der Waals surface area contributed by atoms with Crippen LogP contribution in [-0.4, -0.2) is 0 Å². The Morgan fingerprint density at radius 2 is 0.745 bits per heavy atom. The Kier molecular flexibility index (Phi) is 7.75. The summed E-state index contributed by atoms with van der Waals surface area (Å²) < 4.78 is 6.37. The van der Waals surface area contributed by atoms with Crippen LogP contribution in [0.15, 0.2) is 199 Å². The topological polar surface area (TPSA) is 16.4 Å². The highest BCUT2D eigenvalue weighted by molar-refractivity contribution is 6.09. The molecule has 1 heterocycles. The lowest BCUT2D eigenvalue weighted by atomic mass is 9.99. The molecule has 0 N–H and O–H groups in total. The number of rotatable bonds is 7. The van der Waals surface area contributed by atoms with Gasteiger partial charge in [-0.15, -0.1) is 0 Å². The third-order valence-corrected chi connectivity index (χ3v) is 9.80. The Balaban J connectivity index is 1.07. The molecule has 2 nitrogen and oxygen atoms in total. The van der Waals surface area contributed by atoms with Gasteiger partial charge in [0.15, 0.2) is 0 Å². The van der Waals surface area contributed by atoms with Gasteiger partial charge in [-0.3, -0.25) is 0 Å². The fourth-order valence-corrected chi connectivity index (χ4v) is 7.05. The number of aryl methyl sites for hydroxylation is 1. The van der Waals surface area contributed by atoms with E-state index in [1.807, 2.05) is 12.1 Å². The van der Waals surface area contributed by atoms with E-state index in [9.17, 15) is 0 Å². The first-order valence-corrected chi connectivity index (χ1v) is 17.4. The van der Waals surface area contributed by atoms with Gasteiger partial charge in [-0.25, -0.2) is 0 Å². The van der Waals surface area contributed by atoms with Crippen LogP contribution in [0, 0.1) is 6.92 Å². The van der Waals surface area contributed by atoms with E-state index in [2.05, 4.69) is 194 Å². The summed E-state index contributed by atoms with van der Waals surface area (Å²) in [4.78, 5) is 2.33. The third-order valence-electron chi connectivity index (χ3n) is 9.80. The van der Waals surface area contributed by atoms with Gasteiger partial charge in [0.2, 0.25) is 0 Å². The lowest BCUT2D eigenvalue weighted by Gasteiger charge is -2.26. The maximum absolute atomic E-state index is 6.37. The summed E-state index contributed by atoms with van der Waals surface area (Å²) in [6, 6.07) is 69.3. The van der Waals surface area contributed by atoms with Gasteiger partial charge in [0, 0.05) is 33.4 Å². The zero-order chi connectivity index (χ0) is 34.1. The van der Waals surface area contributed by atoms with E-state index in [1.165, 1.54) is 38.9 Å². The number of hydrogen-bond donors (Lipinski definition) is 0. The van der Waals surface area contributed by atoms with Gasteiger partial charge in [-0.05, 0) is 88.3 Å². The molecule has 0 saturated carbocycles. The Labute approximate surface area is 298 Å². The molecule has 2 heteroatoms. The smallest absolute Gasteiger partial charge is 0.143 e. The Morgan fingerprint density at radius 1 is 0.333 bits per heavy atom. The van der Waals surface area contributed by atoms with Crippen molar-refractivity contribution in [3.8, 4) is 44.5 Å². The predicted octanol–water partition coefficient (Wildman–Crippen LogP) is 14.0. The molecule has 1 aromatic heterocycles. The summed E-state index contributed by atoms with van der Waals surface area (Å²) in [5, 5.41) is 2.28. The molecule has 0 aliphatic heterocycles. The number of benzene rings is 8. The fourth-order valence-electron chi connectivity index (χ4n) is 7.05. The molecule has 0 aliphatic rings. The molecular formula is C49H35NO. The van der Waals surface area contributed by atoms with Crippen LogP contribution in [-0.2, 0) is 0 Å². The molecule has 51 heavy (non-hydrogen) atoms. The summed E-state index contributed by atoms with van der Waals surface area (Å²) in [5.74, 6) is 0. The molecule has 0 spiro atoms. The minimum absolute atomic E-state index is 0.910. The van der Waals surface area contributed by atoms with E-state index in [-0.39, 0.29) is 0 Å². The molecule has 0 unspecified atom stereocenters. The number of fused-ring (bicyclic) bond motifs is 3. The van der Waals surface area contributed by atoms with Crippen molar-refractivity contribution in [1.82, 2.24) is 0 Å². The second-order valence-corrected chi connectivity index (χ2v) is 13.1. The standard InChI is InChI=1S/C49H35NO/c1-34-14-16-36(17-15-34)39-22-28-42(29-23-39)50(43-30-24-40(25-31-43)38-20-18-37(19-21-38)35-8-3-2-4-9-35)44-32-26-41(27-33-44)45-11-7-12-47-46-10-5-6-13-48(46)51-49(45)47/h2-33H,1H3. The van der Waals surface area contributed by atoms with Gasteiger partial charge in [0.25, 0.3) is 0 Å². The number of nitrogens with zero attached hydrogens (tertiary/aromatic N) is 1. The van der Waals surface area contributed by atoms with Crippen LogP contribution in [0.5, 0.6) is 0 Å². The number of anilines is 3. The molecule has 0 radical (unpaired) electrons. The first-order chi connectivity index (χ1) is 25.2. The molecule has 242 valence electrons. The first kappa shape index (κ1) is 30.4. The van der Waals surface area contributed by atoms with E-state index in [0.717, 1.165) is 50.1 Å². The van der Waals surface area contributed by atoms with Crippen molar-refractivity contribution < 1.29 is 4.42 Å². The molecule has 8 aromatic carbocycles. The third kappa shape index (κ3) is 5.88. The lowest BCUT2D eigenvalue weighted by Crippen LogP contribution is -2.09. The maximum atomic E-state index is 6.37. The van der Waals surface area contributed by atoms with Crippen LogP contribution >= 0.6 is 0 Å². The zero-order valence-corrected chi connectivity index (χ0v) is 28.3. The van der Waals surface area contributed by atoms with E-state index in [4.69, 9.17) is 4.42 Å². The van der Waals surface area contributed by atoms with Crippen molar-refractivity contribution >= 4 is 39.0 Å².